The smallest absolute Gasteiger partial charge is 0.228 e. The lowest BCUT2D eigenvalue weighted by Crippen LogP contribution is -2.43. The highest BCUT2D eigenvalue weighted by atomic mass is 16.2. The summed E-state index contributed by atoms with van der Waals surface area (Å²) in [5.74, 6) is 0.885. The molecule has 5 rings (SSSR count). The second-order valence-electron chi connectivity index (χ2n) is 8.35. The third kappa shape index (κ3) is 3.34. The Kier molecular flexibility index (Phi) is 4.73. The maximum Gasteiger partial charge on any atom is 0.228 e. The van der Waals surface area contributed by atoms with Crippen molar-refractivity contribution in [3.05, 3.63) is 60.0 Å². The molecule has 2 aliphatic rings. The van der Waals surface area contributed by atoms with Crippen molar-refractivity contribution in [2.75, 3.05) is 24.5 Å². The molecule has 2 aromatic heterocycles. The van der Waals surface area contributed by atoms with Crippen LogP contribution in [0.25, 0.3) is 5.65 Å². The van der Waals surface area contributed by atoms with Gasteiger partial charge in [0.2, 0.25) is 11.8 Å². The minimum absolute atomic E-state index is 0.0224. The van der Waals surface area contributed by atoms with Gasteiger partial charge in [-0.25, -0.2) is 0 Å². The van der Waals surface area contributed by atoms with E-state index in [0.29, 0.717) is 13.1 Å². The molecule has 0 N–H and O–H groups in total. The van der Waals surface area contributed by atoms with Crippen LogP contribution in [-0.2, 0) is 9.59 Å². The molecule has 0 aliphatic carbocycles. The van der Waals surface area contributed by atoms with Crippen molar-refractivity contribution in [3.8, 4) is 0 Å². The molecule has 0 saturated carbocycles. The molecule has 2 amide bonds. The van der Waals surface area contributed by atoms with E-state index in [1.807, 2.05) is 64.9 Å². The average molecular weight is 403 g/mol. The van der Waals surface area contributed by atoms with Gasteiger partial charge in [-0.3, -0.25) is 14.0 Å². The van der Waals surface area contributed by atoms with Crippen molar-refractivity contribution in [3.63, 3.8) is 0 Å². The van der Waals surface area contributed by atoms with E-state index in [0.717, 1.165) is 42.1 Å². The van der Waals surface area contributed by atoms with Crippen LogP contribution in [0.2, 0.25) is 0 Å². The molecule has 2 saturated heterocycles. The number of amides is 2. The fourth-order valence-corrected chi connectivity index (χ4v) is 4.63. The Morgan fingerprint density at radius 2 is 1.90 bits per heavy atom. The van der Waals surface area contributed by atoms with Crippen molar-refractivity contribution in [2.45, 2.75) is 32.1 Å². The molecule has 2 aliphatic heterocycles. The summed E-state index contributed by atoms with van der Waals surface area (Å²) in [6.07, 6.45) is 4.17. The molecule has 2 fully saturated rings. The van der Waals surface area contributed by atoms with E-state index in [1.165, 1.54) is 0 Å². The predicted octanol–water partition coefficient (Wildman–Crippen LogP) is 2.80. The lowest BCUT2D eigenvalue weighted by molar-refractivity contribution is -0.137. The number of rotatable bonds is 3. The van der Waals surface area contributed by atoms with Crippen molar-refractivity contribution in [1.82, 2.24) is 19.5 Å². The number of fused-ring (bicyclic) bond motifs is 1. The number of aryl methyl sites for hydroxylation is 1. The van der Waals surface area contributed by atoms with Crippen LogP contribution < -0.4 is 4.90 Å². The number of carbonyl (C=O) groups is 2. The Balaban J connectivity index is 1.30. The topological polar surface area (TPSA) is 70.8 Å². The number of aromatic nitrogens is 3. The SMILES string of the molecule is Cc1ccc(N2CC(C(=O)N3CCCC(c4nnc5ccccn45)C3)CC2=O)cc1. The number of hydrogen-bond acceptors (Lipinski definition) is 4. The molecule has 0 bridgehead atoms. The number of piperidine rings is 1. The van der Waals surface area contributed by atoms with Gasteiger partial charge >= 0.3 is 0 Å². The fraction of sp³-hybridized carbons (Fsp3) is 0.391. The quantitative estimate of drug-likeness (QED) is 0.674. The minimum atomic E-state index is -0.285. The van der Waals surface area contributed by atoms with Crippen LogP contribution in [0.5, 0.6) is 0 Å². The molecule has 4 heterocycles. The zero-order chi connectivity index (χ0) is 20.7. The summed E-state index contributed by atoms with van der Waals surface area (Å²) in [7, 11) is 0. The third-order valence-corrected chi connectivity index (χ3v) is 6.26. The van der Waals surface area contributed by atoms with E-state index in [1.54, 1.807) is 4.90 Å². The van der Waals surface area contributed by atoms with Crippen LogP contribution in [0, 0.1) is 12.8 Å². The molecule has 7 heteroatoms. The molecule has 30 heavy (non-hydrogen) atoms. The van der Waals surface area contributed by atoms with E-state index < -0.39 is 0 Å². The van der Waals surface area contributed by atoms with Gasteiger partial charge in [-0.1, -0.05) is 23.8 Å². The van der Waals surface area contributed by atoms with Crippen LogP contribution >= 0.6 is 0 Å². The van der Waals surface area contributed by atoms with E-state index in [4.69, 9.17) is 0 Å². The summed E-state index contributed by atoms with van der Waals surface area (Å²) in [4.78, 5) is 29.5. The van der Waals surface area contributed by atoms with Gasteiger partial charge in [-0.2, -0.15) is 0 Å². The first-order valence-electron chi connectivity index (χ1n) is 10.6. The number of nitrogens with zero attached hydrogens (tertiary/aromatic N) is 5. The van der Waals surface area contributed by atoms with Crippen molar-refractivity contribution >= 4 is 23.1 Å². The first kappa shape index (κ1) is 18.8. The van der Waals surface area contributed by atoms with Gasteiger partial charge < -0.3 is 9.80 Å². The van der Waals surface area contributed by atoms with Gasteiger partial charge in [0.05, 0.1) is 5.92 Å². The van der Waals surface area contributed by atoms with Crippen molar-refractivity contribution < 1.29 is 9.59 Å². The van der Waals surface area contributed by atoms with Crippen LogP contribution in [0.1, 0.15) is 36.6 Å². The second-order valence-corrected chi connectivity index (χ2v) is 8.35. The number of carbonyl (C=O) groups excluding carboxylic acids is 2. The Morgan fingerprint density at radius 3 is 2.73 bits per heavy atom. The lowest BCUT2D eigenvalue weighted by atomic mass is 9.95. The highest BCUT2D eigenvalue weighted by Gasteiger charge is 2.39. The molecular formula is C23H25N5O2. The molecule has 0 spiro atoms. The predicted molar refractivity (Wildman–Crippen MR) is 113 cm³/mol. The largest absolute Gasteiger partial charge is 0.342 e. The number of pyridine rings is 1. The maximum atomic E-state index is 13.3. The zero-order valence-corrected chi connectivity index (χ0v) is 17.1. The molecule has 3 aromatic rings. The summed E-state index contributed by atoms with van der Waals surface area (Å²) in [5, 5.41) is 8.65. The van der Waals surface area contributed by atoms with Gasteiger partial charge in [0.15, 0.2) is 5.65 Å². The molecule has 154 valence electrons. The van der Waals surface area contributed by atoms with Gasteiger partial charge in [-0.05, 0) is 44.0 Å². The van der Waals surface area contributed by atoms with Gasteiger partial charge in [0.25, 0.3) is 0 Å². The van der Waals surface area contributed by atoms with Crippen molar-refractivity contribution in [2.24, 2.45) is 5.92 Å². The normalized spacial score (nSPS) is 22.1. The monoisotopic (exact) mass is 403 g/mol. The minimum Gasteiger partial charge on any atom is -0.342 e. The Hall–Kier alpha value is -3.22. The highest BCUT2D eigenvalue weighted by molar-refractivity contribution is 6.00. The first-order valence-corrected chi connectivity index (χ1v) is 10.6. The highest BCUT2D eigenvalue weighted by Crippen LogP contribution is 2.30. The summed E-state index contributed by atoms with van der Waals surface area (Å²) in [6.45, 7) is 3.84. The molecule has 7 nitrogen and oxygen atoms in total. The standard InChI is InChI=1S/C23H25N5O2/c1-16-7-9-19(10-8-16)28-15-18(13-21(28)29)23(30)26-11-4-5-17(14-26)22-25-24-20-6-2-3-12-27(20)22/h2-3,6-10,12,17-18H,4-5,11,13-15H2,1H3. The van der Waals surface area contributed by atoms with Gasteiger partial charge in [0.1, 0.15) is 5.82 Å². The Morgan fingerprint density at radius 1 is 1.07 bits per heavy atom. The maximum absolute atomic E-state index is 13.3. The summed E-state index contributed by atoms with van der Waals surface area (Å²) >= 11 is 0. The third-order valence-electron chi connectivity index (χ3n) is 6.26. The summed E-state index contributed by atoms with van der Waals surface area (Å²) < 4.78 is 2.01. The van der Waals surface area contributed by atoms with E-state index in [-0.39, 0.29) is 30.1 Å². The van der Waals surface area contributed by atoms with E-state index in [2.05, 4.69) is 10.2 Å². The molecule has 2 unspecified atom stereocenters. The lowest BCUT2D eigenvalue weighted by Gasteiger charge is -2.33. The van der Waals surface area contributed by atoms with E-state index >= 15 is 0 Å². The second kappa shape index (κ2) is 7.55. The molecule has 0 radical (unpaired) electrons. The fourth-order valence-electron chi connectivity index (χ4n) is 4.63. The van der Waals surface area contributed by atoms with Crippen LogP contribution in [0.15, 0.2) is 48.7 Å². The number of likely N-dealkylation sites (tertiary alicyclic amines) is 1. The van der Waals surface area contributed by atoms with Crippen LogP contribution in [0.4, 0.5) is 5.69 Å². The summed E-state index contributed by atoms with van der Waals surface area (Å²) in [5.41, 5.74) is 2.84. The first-order chi connectivity index (χ1) is 14.6. The van der Waals surface area contributed by atoms with Gasteiger partial charge in [0, 0.05) is 43.9 Å². The Labute approximate surface area is 175 Å². The van der Waals surface area contributed by atoms with Gasteiger partial charge in [-0.15, -0.1) is 10.2 Å². The van der Waals surface area contributed by atoms with E-state index in [9.17, 15) is 9.59 Å². The number of benzene rings is 1. The molecular weight excluding hydrogens is 378 g/mol. The molecule has 1 aromatic carbocycles. The Bertz CT molecular complexity index is 1090. The van der Waals surface area contributed by atoms with Crippen LogP contribution in [0.3, 0.4) is 0 Å². The molecule has 2 atom stereocenters. The van der Waals surface area contributed by atoms with Crippen LogP contribution in [-0.4, -0.2) is 50.9 Å². The average Bonchev–Trinajstić information content (AvgIpc) is 3.38. The zero-order valence-electron chi connectivity index (χ0n) is 17.1. The van der Waals surface area contributed by atoms with Crippen molar-refractivity contribution in [1.29, 1.82) is 0 Å². The number of hydrogen-bond donors (Lipinski definition) is 0. The summed E-state index contributed by atoms with van der Waals surface area (Å²) in [6, 6.07) is 13.7. The number of anilines is 1.